The third kappa shape index (κ3) is 5.05. The number of nitrogens with one attached hydrogen (secondary N) is 1. The van der Waals surface area contributed by atoms with Crippen LogP contribution in [0.25, 0.3) is 0 Å². The van der Waals surface area contributed by atoms with Crippen LogP contribution in [0.4, 0.5) is 0 Å². The zero-order valence-electron chi connectivity index (χ0n) is 13.2. The molecule has 4 heteroatoms. The molecular weight excluding hydrogens is 264 g/mol. The number of hydrogen-bond acceptors (Lipinski definition) is 3. The van der Waals surface area contributed by atoms with Crippen LogP contribution >= 0.6 is 0 Å². The van der Waals surface area contributed by atoms with Crippen LogP contribution in [0.2, 0.25) is 0 Å². The lowest BCUT2D eigenvalue weighted by atomic mass is 10.0. The summed E-state index contributed by atoms with van der Waals surface area (Å²) in [7, 11) is 0. The molecule has 1 aromatic rings. The average Bonchev–Trinajstić information content (AvgIpc) is 3.18. The van der Waals surface area contributed by atoms with Gasteiger partial charge in [0.15, 0.2) is 6.61 Å². The van der Waals surface area contributed by atoms with E-state index in [2.05, 4.69) is 17.4 Å². The van der Waals surface area contributed by atoms with Crippen LogP contribution in [0, 0.1) is 19.8 Å². The first-order valence-corrected chi connectivity index (χ1v) is 7.71. The van der Waals surface area contributed by atoms with Gasteiger partial charge in [0.1, 0.15) is 5.75 Å². The van der Waals surface area contributed by atoms with Gasteiger partial charge in [-0.05, 0) is 62.6 Å². The molecule has 4 nitrogen and oxygen atoms in total. The summed E-state index contributed by atoms with van der Waals surface area (Å²) >= 11 is 0. The molecule has 0 bridgehead atoms. The van der Waals surface area contributed by atoms with Gasteiger partial charge in [-0.3, -0.25) is 4.79 Å². The second-order valence-electron chi connectivity index (χ2n) is 6.28. The van der Waals surface area contributed by atoms with E-state index in [4.69, 9.17) is 10.5 Å². The number of ether oxygens (including phenoxy) is 1. The molecule has 1 atom stereocenters. The Morgan fingerprint density at radius 3 is 2.52 bits per heavy atom. The summed E-state index contributed by atoms with van der Waals surface area (Å²) in [5.74, 6) is 1.46. The zero-order valence-corrected chi connectivity index (χ0v) is 13.2. The maximum Gasteiger partial charge on any atom is 0.257 e. The Bertz CT molecular complexity index is 485. The molecule has 0 spiro atoms. The van der Waals surface area contributed by atoms with Crippen LogP contribution in [-0.4, -0.2) is 25.1 Å². The van der Waals surface area contributed by atoms with E-state index in [1.807, 2.05) is 20.8 Å². The first-order chi connectivity index (χ1) is 9.95. The lowest BCUT2D eigenvalue weighted by Crippen LogP contribution is -2.30. The highest BCUT2D eigenvalue weighted by Gasteiger charge is 2.21. The predicted molar refractivity (Wildman–Crippen MR) is 84.5 cm³/mol. The van der Waals surface area contributed by atoms with Gasteiger partial charge in [0, 0.05) is 12.6 Å². The van der Waals surface area contributed by atoms with Crippen LogP contribution in [-0.2, 0) is 11.2 Å². The van der Waals surface area contributed by atoms with Crippen molar-refractivity contribution in [3.63, 3.8) is 0 Å². The fourth-order valence-corrected chi connectivity index (χ4v) is 2.53. The number of rotatable bonds is 7. The van der Waals surface area contributed by atoms with E-state index in [-0.39, 0.29) is 18.6 Å². The van der Waals surface area contributed by atoms with E-state index in [1.54, 1.807) is 0 Å². The van der Waals surface area contributed by atoms with Crippen molar-refractivity contribution in [1.29, 1.82) is 0 Å². The maximum absolute atomic E-state index is 11.7. The topological polar surface area (TPSA) is 64.3 Å². The van der Waals surface area contributed by atoms with Crippen molar-refractivity contribution < 1.29 is 9.53 Å². The summed E-state index contributed by atoms with van der Waals surface area (Å²) in [4.78, 5) is 11.7. The van der Waals surface area contributed by atoms with Gasteiger partial charge in [-0.25, -0.2) is 0 Å². The van der Waals surface area contributed by atoms with Gasteiger partial charge in [-0.1, -0.05) is 12.1 Å². The highest BCUT2D eigenvalue weighted by molar-refractivity contribution is 5.77. The number of amides is 1. The number of carbonyl (C=O) groups is 1. The quantitative estimate of drug-likeness (QED) is 0.808. The van der Waals surface area contributed by atoms with Crippen molar-refractivity contribution >= 4 is 5.91 Å². The normalized spacial score (nSPS) is 15.6. The zero-order chi connectivity index (χ0) is 15.4. The second-order valence-corrected chi connectivity index (χ2v) is 6.28. The van der Waals surface area contributed by atoms with Gasteiger partial charge >= 0.3 is 0 Å². The number of nitrogens with two attached hydrogens (primary N) is 1. The first-order valence-electron chi connectivity index (χ1n) is 7.71. The standard InChI is InChI=1S/C17H26N2O2/c1-11-6-15(8-13(3)18)7-12(2)17(11)21-10-16(20)19-9-14-4-5-14/h6-7,13-14H,4-5,8-10,18H2,1-3H3,(H,19,20). The summed E-state index contributed by atoms with van der Waals surface area (Å²) in [6.07, 6.45) is 3.32. The van der Waals surface area contributed by atoms with Crippen molar-refractivity contribution in [2.45, 2.75) is 46.1 Å². The highest BCUT2D eigenvalue weighted by Crippen LogP contribution is 2.27. The van der Waals surface area contributed by atoms with Crippen molar-refractivity contribution in [2.24, 2.45) is 11.7 Å². The molecule has 1 fully saturated rings. The molecule has 1 amide bonds. The Hall–Kier alpha value is -1.55. The van der Waals surface area contributed by atoms with Crippen LogP contribution in [0.1, 0.15) is 36.5 Å². The molecule has 0 aromatic heterocycles. The highest BCUT2D eigenvalue weighted by atomic mass is 16.5. The maximum atomic E-state index is 11.7. The second kappa shape index (κ2) is 6.94. The third-order valence-corrected chi connectivity index (χ3v) is 3.71. The predicted octanol–water partition coefficient (Wildman–Crippen LogP) is 2.10. The monoisotopic (exact) mass is 290 g/mol. The van der Waals surface area contributed by atoms with E-state index in [0.717, 1.165) is 29.8 Å². The summed E-state index contributed by atoms with van der Waals surface area (Å²) in [5, 5.41) is 2.91. The Kier molecular flexibility index (Phi) is 5.23. The van der Waals surface area contributed by atoms with E-state index in [1.165, 1.54) is 18.4 Å². The molecule has 0 heterocycles. The molecule has 1 aliphatic rings. The fraction of sp³-hybridized carbons (Fsp3) is 0.588. The summed E-state index contributed by atoms with van der Waals surface area (Å²) in [6.45, 7) is 6.89. The van der Waals surface area contributed by atoms with E-state index >= 15 is 0 Å². The van der Waals surface area contributed by atoms with Gasteiger partial charge < -0.3 is 15.8 Å². The minimum absolute atomic E-state index is 0.0413. The Morgan fingerprint density at radius 2 is 2.00 bits per heavy atom. The lowest BCUT2D eigenvalue weighted by molar-refractivity contribution is -0.123. The summed E-state index contributed by atoms with van der Waals surface area (Å²) in [5.41, 5.74) is 9.17. The average molecular weight is 290 g/mol. The summed E-state index contributed by atoms with van der Waals surface area (Å²) in [6, 6.07) is 4.32. The molecule has 1 unspecified atom stereocenters. The van der Waals surface area contributed by atoms with E-state index in [9.17, 15) is 4.79 Å². The van der Waals surface area contributed by atoms with Crippen molar-refractivity contribution in [3.05, 3.63) is 28.8 Å². The molecule has 1 saturated carbocycles. The Balaban J connectivity index is 1.90. The van der Waals surface area contributed by atoms with Gasteiger partial charge in [-0.15, -0.1) is 0 Å². The number of hydrogen-bond donors (Lipinski definition) is 2. The third-order valence-electron chi connectivity index (χ3n) is 3.71. The van der Waals surface area contributed by atoms with Crippen molar-refractivity contribution in [2.75, 3.05) is 13.2 Å². The van der Waals surface area contributed by atoms with E-state index in [0.29, 0.717) is 5.92 Å². The van der Waals surface area contributed by atoms with Crippen molar-refractivity contribution in [1.82, 2.24) is 5.32 Å². The Labute approximate surface area is 127 Å². The van der Waals surface area contributed by atoms with Crippen molar-refractivity contribution in [3.8, 4) is 5.75 Å². The smallest absolute Gasteiger partial charge is 0.257 e. The van der Waals surface area contributed by atoms with Gasteiger partial charge in [0.25, 0.3) is 5.91 Å². The van der Waals surface area contributed by atoms with Gasteiger partial charge in [0.2, 0.25) is 0 Å². The fourth-order valence-electron chi connectivity index (χ4n) is 2.53. The van der Waals surface area contributed by atoms with E-state index < -0.39 is 0 Å². The number of aryl methyl sites for hydroxylation is 2. The minimum atomic E-state index is -0.0413. The number of carbonyl (C=O) groups excluding carboxylic acids is 1. The molecule has 0 saturated heterocycles. The summed E-state index contributed by atoms with van der Waals surface area (Å²) < 4.78 is 5.70. The Morgan fingerprint density at radius 1 is 1.38 bits per heavy atom. The molecule has 1 aliphatic carbocycles. The van der Waals surface area contributed by atoms with Crippen LogP contribution in [0.3, 0.4) is 0 Å². The molecule has 3 N–H and O–H groups in total. The molecule has 1 aromatic carbocycles. The van der Waals surface area contributed by atoms with Gasteiger partial charge in [-0.2, -0.15) is 0 Å². The van der Waals surface area contributed by atoms with Gasteiger partial charge in [0.05, 0.1) is 0 Å². The molecular formula is C17H26N2O2. The molecule has 0 radical (unpaired) electrons. The molecule has 21 heavy (non-hydrogen) atoms. The molecule has 2 rings (SSSR count). The van der Waals surface area contributed by atoms with Crippen LogP contribution in [0.15, 0.2) is 12.1 Å². The minimum Gasteiger partial charge on any atom is -0.483 e. The molecule has 0 aliphatic heterocycles. The van der Waals surface area contributed by atoms with Crippen LogP contribution < -0.4 is 15.8 Å². The largest absolute Gasteiger partial charge is 0.483 e. The number of benzene rings is 1. The van der Waals surface area contributed by atoms with Crippen LogP contribution in [0.5, 0.6) is 5.75 Å². The molecule has 116 valence electrons. The lowest BCUT2D eigenvalue weighted by Gasteiger charge is -2.15. The SMILES string of the molecule is Cc1cc(CC(C)N)cc(C)c1OCC(=O)NCC1CC1. The first kappa shape index (κ1) is 15.8.